The van der Waals surface area contributed by atoms with Crippen molar-refractivity contribution >= 4 is 5.97 Å². The van der Waals surface area contributed by atoms with Gasteiger partial charge in [0.25, 0.3) is 0 Å². The van der Waals surface area contributed by atoms with Gasteiger partial charge >= 0.3 is 5.97 Å². The van der Waals surface area contributed by atoms with Crippen molar-refractivity contribution in [1.82, 2.24) is 4.90 Å². The summed E-state index contributed by atoms with van der Waals surface area (Å²) < 4.78 is 5.16. The second kappa shape index (κ2) is 4.97. The van der Waals surface area contributed by atoms with Gasteiger partial charge in [0.1, 0.15) is 0 Å². The minimum Gasteiger partial charge on any atom is -0.466 e. The van der Waals surface area contributed by atoms with Gasteiger partial charge in [-0.05, 0) is 38.8 Å². The maximum absolute atomic E-state index is 10.8. The average Bonchev–Trinajstić information content (AvgIpc) is 2.26. The molecule has 2 saturated heterocycles. The maximum Gasteiger partial charge on any atom is 0.302 e. The molecule has 0 N–H and O–H groups in total. The molecule has 0 aromatic rings. The van der Waals surface area contributed by atoms with Crippen molar-refractivity contribution < 1.29 is 9.53 Å². The molecule has 2 rings (SSSR count). The molecule has 2 aliphatic heterocycles. The van der Waals surface area contributed by atoms with Crippen LogP contribution in [0, 0.1) is 5.92 Å². The first-order valence-corrected chi connectivity index (χ1v) is 6.15. The molecule has 3 heteroatoms. The fourth-order valence-corrected chi connectivity index (χ4v) is 3.00. The summed E-state index contributed by atoms with van der Waals surface area (Å²) in [6.07, 6.45) is 6.48. The minimum absolute atomic E-state index is 0.136. The van der Waals surface area contributed by atoms with Gasteiger partial charge in [-0.2, -0.15) is 0 Å². The Morgan fingerprint density at radius 3 is 2.87 bits per heavy atom. The van der Waals surface area contributed by atoms with E-state index in [1.165, 1.54) is 52.1 Å². The molecule has 0 aromatic heterocycles. The predicted octanol–water partition coefficient (Wildman–Crippen LogP) is 1.81. The normalized spacial score (nSPS) is 32.1. The van der Waals surface area contributed by atoms with Crippen LogP contribution in [0.1, 0.15) is 39.0 Å². The van der Waals surface area contributed by atoms with Crippen LogP contribution in [0.3, 0.4) is 0 Å². The van der Waals surface area contributed by atoms with Gasteiger partial charge in [0.05, 0.1) is 6.61 Å². The highest BCUT2D eigenvalue weighted by atomic mass is 16.5. The zero-order valence-electron chi connectivity index (χ0n) is 9.58. The van der Waals surface area contributed by atoms with Gasteiger partial charge in [-0.3, -0.25) is 9.69 Å². The largest absolute Gasteiger partial charge is 0.466 e. The molecule has 0 radical (unpaired) electrons. The lowest BCUT2D eigenvalue weighted by Gasteiger charge is -2.44. The van der Waals surface area contributed by atoms with Crippen LogP contribution in [0.4, 0.5) is 0 Å². The van der Waals surface area contributed by atoms with E-state index in [1.807, 2.05) is 0 Å². The van der Waals surface area contributed by atoms with Crippen molar-refractivity contribution in [1.29, 1.82) is 0 Å². The van der Waals surface area contributed by atoms with E-state index in [1.54, 1.807) is 0 Å². The number of nitrogens with zero attached hydrogens (tertiary/aromatic N) is 1. The second-order valence-corrected chi connectivity index (χ2v) is 4.80. The van der Waals surface area contributed by atoms with Crippen molar-refractivity contribution in [3.63, 3.8) is 0 Å². The number of hydrogen-bond donors (Lipinski definition) is 0. The SMILES string of the molecule is CC(=O)OC[C@H]1CCCN2CCCCC12. The number of ether oxygens (including phenoxy) is 1. The molecule has 0 aliphatic carbocycles. The van der Waals surface area contributed by atoms with Crippen molar-refractivity contribution in [2.24, 2.45) is 5.92 Å². The van der Waals surface area contributed by atoms with Gasteiger partial charge in [0.2, 0.25) is 0 Å². The van der Waals surface area contributed by atoms with Crippen molar-refractivity contribution in [2.45, 2.75) is 45.1 Å². The number of piperidine rings is 2. The lowest BCUT2D eigenvalue weighted by atomic mass is 9.84. The van der Waals surface area contributed by atoms with Crippen LogP contribution in [0.25, 0.3) is 0 Å². The number of carbonyl (C=O) groups is 1. The Balaban J connectivity index is 1.88. The molecule has 0 saturated carbocycles. The Morgan fingerprint density at radius 2 is 2.07 bits per heavy atom. The van der Waals surface area contributed by atoms with Crippen molar-refractivity contribution in [3.05, 3.63) is 0 Å². The van der Waals surface area contributed by atoms with Gasteiger partial charge in [-0.1, -0.05) is 6.42 Å². The van der Waals surface area contributed by atoms with E-state index >= 15 is 0 Å². The first-order chi connectivity index (χ1) is 7.27. The molecular weight excluding hydrogens is 190 g/mol. The fraction of sp³-hybridized carbons (Fsp3) is 0.917. The molecule has 3 nitrogen and oxygen atoms in total. The summed E-state index contributed by atoms with van der Waals surface area (Å²) in [6.45, 7) is 4.64. The third kappa shape index (κ3) is 2.71. The summed E-state index contributed by atoms with van der Waals surface area (Å²) >= 11 is 0. The zero-order chi connectivity index (χ0) is 10.7. The molecule has 0 aromatic carbocycles. The molecule has 2 fully saturated rings. The number of carbonyl (C=O) groups excluding carboxylic acids is 1. The maximum atomic E-state index is 10.8. The molecule has 2 heterocycles. The second-order valence-electron chi connectivity index (χ2n) is 4.80. The van der Waals surface area contributed by atoms with E-state index in [0.717, 1.165) is 0 Å². The fourth-order valence-electron chi connectivity index (χ4n) is 3.00. The highest BCUT2D eigenvalue weighted by molar-refractivity contribution is 5.65. The van der Waals surface area contributed by atoms with Crippen LogP contribution in [0.15, 0.2) is 0 Å². The summed E-state index contributed by atoms with van der Waals surface area (Å²) in [5.41, 5.74) is 0. The topological polar surface area (TPSA) is 29.5 Å². The lowest BCUT2D eigenvalue weighted by molar-refractivity contribution is -0.143. The predicted molar refractivity (Wildman–Crippen MR) is 58.6 cm³/mol. The number of hydrogen-bond acceptors (Lipinski definition) is 3. The van der Waals surface area contributed by atoms with Gasteiger partial charge in [-0.15, -0.1) is 0 Å². The molecule has 0 amide bonds. The molecule has 0 spiro atoms. The van der Waals surface area contributed by atoms with E-state index < -0.39 is 0 Å². The minimum atomic E-state index is -0.136. The van der Waals surface area contributed by atoms with Crippen molar-refractivity contribution in [3.8, 4) is 0 Å². The van der Waals surface area contributed by atoms with Crippen LogP contribution in [0.5, 0.6) is 0 Å². The van der Waals surface area contributed by atoms with E-state index in [-0.39, 0.29) is 5.97 Å². The van der Waals surface area contributed by atoms with E-state index in [9.17, 15) is 4.79 Å². The van der Waals surface area contributed by atoms with Crippen molar-refractivity contribution in [2.75, 3.05) is 19.7 Å². The molecular formula is C12H21NO2. The molecule has 2 atom stereocenters. The monoisotopic (exact) mass is 211 g/mol. The Hall–Kier alpha value is -0.570. The third-order valence-electron chi connectivity index (χ3n) is 3.73. The summed E-state index contributed by atoms with van der Waals surface area (Å²) in [5, 5.41) is 0. The van der Waals surface area contributed by atoms with Crippen LogP contribution >= 0.6 is 0 Å². The van der Waals surface area contributed by atoms with Crippen LogP contribution in [-0.4, -0.2) is 36.6 Å². The first kappa shape index (κ1) is 10.9. The van der Waals surface area contributed by atoms with Crippen LogP contribution in [-0.2, 0) is 9.53 Å². The van der Waals surface area contributed by atoms with E-state index in [0.29, 0.717) is 18.6 Å². The highest BCUT2D eigenvalue weighted by Crippen LogP contribution is 2.30. The van der Waals surface area contributed by atoms with Gasteiger partial charge in [0.15, 0.2) is 0 Å². The average molecular weight is 211 g/mol. The quantitative estimate of drug-likeness (QED) is 0.652. The van der Waals surface area contributed by atoms with Gasteiger partial charge in [0, 0.05) is 18.9 Å². The molecule has 0 bridgehead atoms. The summed E-state index contributed by atoms with van der Waals surface area (Å²) in [5.74, 6) is 0.450. The number of esters is 1. The van der Waals surface area contributed by atoms with Crippen LogP contribution < -0.4 is 0 Å². The van der Waals surface area contributed by atoms with E-state index in [4.69, 9.17) is 4.74 Å². The summed E-state index contributed by atoms with van der Waals surface area (Å²) in [6, 6.07) is 0.687. The first-order valence-electron chi connectivity index (χ1n) is 6.15. The van der Waals surface area contributed by atoms with Crippen LogP contribution in [0.2, 0.25) is 0 Å². The summed E-state index contributed by atoms with van der Waals surface area (Å²) in [4.78, 5) is 13.4. The van der Waals surface area contributed by atoms with Gasteiger partial charge < -0.3 is 4.74 Å². The molecule has 15 heavy (non-hydrogen) atoms. The zero-order valence-corrected chi connectivity index (χ0v) is 9.58. The molecule has 2 aliphatic rings. The number of rotatable bonds is 2. The number of fused-ring (bicyclic) bond motifs is 1. The Morgan fingerprint density at radius 1 is 1.27 bits per heavy atom. The smallest absolute Gasteiger partial charge is 0.302 e. The van der Waals surface area contributed by atoms with Gasteiger partial charge in [-0.25, -0.2) is 0 Å². The van der Waals surface area contributed by atoms with E-state index in [2.05, 4.69) is 4.90 Å². The summed E-state index contributed by atoms with van der Waals surface area (Å²) in [7, 11) is 0. The molecule has 1 unspecified atom stereocenters. The lowest BCUT2D eigenvalue weighted by Crippen LogP contribution is -2.49. The third-order valence-corrected chi connectivity index (χ3v) is 3.73. The standard InChI is InChI=1S/C12H21NO2/c1-10(14)15-9-11-5-4-8-13-7-3-2-6-12(11)13/h11-12H,2-9H2,1H3/t11-,12?/m1/s1. The molecule has 86 valence electrons. The Kier molecular flexibility index (Phi) is 3.62. The Bertz CT molecular complexity index is 228. The highest BCUT2D eigenvalue weighted by Gasteiger charge is 2.33. The Labute approximate surface area is 91.8 Å².